The number of benzene rings is 1. The van der Waals surface area contributed by atoms with E-state index < -0.39 is 23.4 Å². The van der Waals surface area contributed by atoms with Crippen molar-refractivity contribution in [3.63, 3.8) is 0 Å². The number of alkyl halides is 3. The van der Waals surface area contributed by atoms with Crippen LogP contribution in [-0.4, -0.2) is 45.7 Å². The minimum Gasteiger partial charge on any atom is -0.420 e. The van der Waals surface area contributed by atoms with Crippen molar-refractivity contribution in [2.75, 3.05) is 23.3 Å². The minimum absolute atomic E-state index is 0.0570. The zero-order chi connectivity index (χ0) is 25.2. The number of pyridine rings is 2. The van der Waals surface area contributed by atoms with Gasteiger partial charge >= 0.3 is 5.57 Å². The number of aliphatic hydroxyl groups excluding tert-OH is 1. The Labute approximate surface area is 202 Å². The maximum Gasteiger partial charge on any atom is 0.487 e. The van der Waals surface area contributed by atoms with Gasteiger partial charge in [0.05, 0.1) is 17.9 Å². The number of aromatic nitrogens is 2. The van der Waals surface area contributed by atoms with Crippen molar-refractivity contribution in [3.05, 3.63) is 65.9 Å². The Bertz CT molecular complexity index is 1300. The molecule has 0 saturated carbocycles. The van der Waals surface area contributed by atoms with Gasteiger partial charge in [0.1, 0.15) is 29.1 Å². The summed E-state index contributed by atoms with van der Waals surface area (Å²) in [5, 5.41) is 22.0. The molecule has 4 rings (SSSR count). The number of hydrogen-bond donors (Lipinski definition) is 2. The monoisotopic (exact) mass is 503 g/mol. The second-order valence-electron chi connectivity index (χ2n) is 7.67. The molecule has 1 atom stereocenters. The van der Waals surface area contributed by atoms with E-state index in [4.69, 9.17) is 11.6 Å². The summed E-state index contributed by atoms with van der Waals surface area (Å²) >= 11 is 4.74. The highest BCUT2D eigenvalue weighted by Crippen LogP contribution is 2.34. The molecule has 0 spiro atoms. The summed E-state index contributed by atoms with van der Waals surface area (Å²) in [6, 6.07) is 9.58. The molecule has 2 N–H and O–H groups in total. The smallest absolute Gasteiger partial charge is 0.420 e. The number of rotatable bonds is 6. The number of β-amino-alcohol motifs (C(OH)–C–C–N with tert-alkyl or cyclic N) is 1. The van der Waals surface area contributed by atoms with Gasteiger partial charge in [-0.25, -0.2) is 14.4 Å². The number of halogens is 4. The van der Waals surface area contributed by atoms with E-state index in [9.17, 15) is 28.3 Å². The van der Waals surface area contributed by atoms with Crippen molar-refractivity contribution in [1.82, 2.24) is 9.97 Å². The first kappa shape index (κ1) is 24.3. The highest BCUT2D eigenvalue weighted by Gasteiger charge is 2.28. The summed E-state index contributed by atoms with van der Waals surface area (Å²) in [5.41, 5.74) is -3.12. The van der Waals surface area contributed by atoms with Crippen molar-refractivity contribution in [2.24, 2.45) is 0 Å². The molecule has 35 heavy (non-hydrogen) atoms. The molecule has 1 fully saturated rings. The molecule has 1 aliphatic heterocycles. The average molecular weight is 504 g/mol. The Morgan fingerprint density at radius 3 is 2.60 bits per heavy atom. The highest BCUT2D eigenvalue weighted by molar-refractivity contribution is 6.20. The molecule has 0 radical (unpaired) electrons. The molecule has 8 nitrogen and oxygen atoms in total. The first-order valence-corrected chi connectivity index (χ1v) is 10.7. The van der Waals surface area contributed by atoms with Gasteiger partial charge in [0.15, 0.2) is 0 Å². The topological polar surface area (TPSA) is 111 Å². The predicted molar refractivity (Wildman–Crippen MR) is 121 cm³/mol. The maximum absolute atomic E-state index is 14.0. The summed E-state index contributed by atoms with van der Waals surface area (Å²) in [6.45, 7) is 0.763. The Balaban J connectivity index is 1.66. The van der Waals surface area contributed by atoms with E-state index in [1.807, 2.05) is 6.07 Å². The van der Waals surface area contributed by atoms with Crippen LogP contribution in [0.15, 0.2) is 48.8 Å². The summed E-state index contributed by atoms with van der Waals surface area (Å²) in [4.78, 5) is 22.9. The second-order valence-corrected chi connectivity index (χ2v) is 8.11. The van der Waals surface area contributed by atoms with Crippen LogP contribution in [-0.2, 0) is 0 Å². The Kier molecular flexibility index (Phi) is 6.77. The van der Waals surface area contributed by atoms with Gasteiger partial charge in [-0.2, -0.15) is 5.26 Å². The molecule has 180 valence electrons. The van der Waals surface area contributed by atoms with E-state index in [1.54, 1.807) is 4.90 Å². The zero-order valence-electron chi connectivity index (χ0n) is 17.9. The Hall–Kier alpha value is -3.88. The number of nitrogens with zero attached hydrogens (tertiary/aromatic N) is 4. The lowest BCUT2D eigenvalue weighted by Crippen LogP contribution is -2.23. The number of amides is 1. The summed E-state index contributed by atoms with van der Waals surface area (Å²) < 4.78 is 43.8. The molecule has 0 bridgehead atoms. The van der Waals surface area contributed by atoms with E-state index in [0.29, 0.717) is 24.3 Å². The van der Waals surface area contributed by atoms with Gasteiger partial charge in [0.25, 0.3) is 5.91 Å². The third kappa shape index (κ3) is 5.79. The van der Waals surface area contributed by atoms with E-state index in [0.717, 1.165) is 12.3 Å². The van der Waals surface area contributed by atoms with Gasteiger partial charge in [-0.1, -0.05) is 0 Å². The number of carbonyl (C=O) groups is 1. The SMILES string of the molecule is N#Cc1ncc(F)cc1-c1cc(C(=O)Nc2ccc(OC(F)(F)Cl)cc2)cnc1N1CC[C@@H](O)C1. The summed E-state index contributed by atoms with van der Waals surface area (Å²) in [7, 11) is 0. The molecule has 2 aromatic heterocycles. The number of nitrogens with one attached hydrogen (secondary N) is 1. The third-order valence-electron chi connectivity index (χ3n) is 5.19. The fourth-order valence-corrected chi connectivity index (χ4v) is 3.73. The molecule has 1 amide bonds. The van der Waals surface area contributed by atoms with Crippen LogP contribution in [0.5, 0.6) is 5.75 Å². The summed E-state index contributed by atoms with van der Waals surface area (Å²) in [5.74, 6) is -1.10. The molecule has 12 heteroatoms. The van der Waals surface area contributed by atoms with Crippen molar-refractivity contribution in [2.45, 2.75) is 18.1 Å². The van der Waals surface area contributed by atoms with Crippen LogP contribution in [0.3, 0.4) is 0 Å². The molecule has 0 unspecified atom stereocenters. The molecule has 3 heterocycles. The van der Waals surface area contributed by atoms with Gasteiger partial charge in [0, 0.05) is 47.7 Å². The lowest BCUT2D eigenvalue weighted by atomic mass is 10.0. The molecule has 3 aromatic rings. The van der Waals surface area contributed by atoms with Crippen molar-refractivity contribution in [3.8, 4) is 22.9 Å². The van der Waals surface area contributed by atoms with Crippen LogP contribution in [0, 0.1) is 17.1 Å². The fraction of sp³-hybridized carbons (Fsp3) is 0.217. The zero-order valence-corrected chi connectivity index (χ0v) is 18.6. The predicted octanol–water partition coefficient (Wildman–Crippen LogP) is 4.15. The number of carbonyl (C=O) groups excluding carboxylic acids is 1. The molecular weight excluding hydrogens is 487 g/mol. The van der Waals surface area contributed by atoms with E-state index in [2.05, 4.69) is 20.0 Å². The number of nitriles is 1. The van der Waals surface area contributed by atoms with Gasteiger partial charge in [-0.15, -0.1) is 8.78 Å². The number of aliphatic hydroxyl groups is 1. The summed E-state index contributed by atoms with van der Waals surface area (Å²) in [6.07, 6.45) is 2.16. The minimum atomic E-state index is -3.87. The largest absolute Gasteiger partial charge is 0.487 e. The van der Waals surface area contributed by atoms with Crippen LogP contribution in [0.1, 0.15) is 22.5 Å². The first-order valence-electron chi connectivity index (χ1n) is 10.3. The van der Waals surface area contributed by atoms with Gasteiger partial charge in [0.2, 0.25) is 0 Å². The lowest BCUT2D eigenvalue weighted by molar-refractivity contribution is -0.0964. The van der Waals surface area contributed by atoms with Crippen molar-refractivity contribution in [1.29, 1.82) is 5.26 Å². The highest BCUT2D eigenvalue weighted by atomic mass is 35.5. The first-order chi connectivity index (χ1) is 16.6. The van der Waals surface area contributed by atoms with Gasteiger partial charge in [-0.05, 0) is 42.8 Å². The Morgan fingerprint density at radius 2 is 1.97 bits per heavy atom. The third-order valence-corrected chi connectivity index (χ3v) is 5.27. The van der Waals surface area contributed by atoms with Crippen LogP contribution in [0.4, 0.5) is 24.7 Å². The molecular formula is C23H17ClF3N5O3. The van der Waals surface area contributed by atoms with Gasteiger partial charge < -0.3 is 20.1 Å². The van der Waals surface area contributed by atoms with E-state index >= 15 is 0 Å². The maximum atomic E-state index is 14.0. The normalized spacial score (nSPS) is 15.5. The lowest BCUT2D eigenvalue weighted by Gasteiger charge is -2.21. The van der Waals surface area contributed by atoms with Crippen LogP contribution >= 0.6 is 11.6 Å². The Morgan fingerprint density at radius 1 is 1.23 bits per heavy atom. The number of ether oxygens (including phenoxy) is 1. The standard InChI is InChI=1S/C23H17ClF3N5O3/c24-23(26,27)35-17-3-1-15(2-4-17)31-22(34)13-7-19(18-8-14(25)11-29-20(18)9-28)21(30-10-13)32-6-5-16(33)12-32/h1-4,7-8,10-11,16,33H,5-6,12H2,(H,31,34)/t16-/m1/s1. The van der Waals surface area contributed by atoms with Crippen molar-refractivity contribution >= 4 is 29.0 Å². The van der Waals surface area contributed by atoms with E-state index in [1.165, 1.54) is 36.5 Å². The molecule has 0 aliphatic carbocycles. The van der Waals surface area contributed by atoms with Gasteiger partial charge in [-0.3, -0.25) is 4.79 Å². The van der Waals surface area contributed by atoms with Crippen molar-refractivity contribution < 1.29 is 27.8 Å². The molecule has 1 saturated heterocycles. The van der Waals surface area contributed by atoms with Crippen LogP contribution < -0.4 is 15.0 Å². The van der Waals surface area contributed by atoms with Crippen LogP contribution in [0.2, 0.25) is 0 Å². The molecule has 1 aliphatic rings. The number of anilines is 2. The number of hydrogen-bond acceptors (Lipinski definition) is 7. The molecule has 1 aromatic carbocycles. The van der Waals surface area contributed by atoms with Crippen LogP contribution in [0.25, 0.3) is 11.1 Å². The second kappa shape index (κ2) is 9.77. The van der Waals surface area contributed by atoms with E-state index in [-0.39, 0.29) is 34.8 Å². The fourth-order valence-electron chi connectivity index (χ4n) is 3.64. The quantitative estimate of drug-likeness (QED) is 0.486. The average Bonchev–Trinajstić information content (AvgIpc) is 3.25.